The number of aryl methyl sites for hydroxylation is 1. The third-order valence-electron chi connectivity index (χ3n) is 5.01. The molecule has 3 aromatic heterocycles. The number of benzene rings is 2. The number of rotatable bonds is 3. The van der Waals surface area contributed by atoms with Crippen LogP contribution >= 0.6 is 22.7 Å². The summed E-state index contributed by atoms with van der Waals surface area (Å²) in [5.41, 5.74) is 4.22. The number of para-hydroxylation sites is 1. The summed E-state index contributed by atoms with van der Waals surface area (Å²) < 4.78 is 2.97. The Morgan fingerprint density at radius 3 is 2.84 bits per heavy atom. The van der Waals surface area contributed by atoms with Crippen LogP contribution in [-0.4, -0.2) is 15.5 Å². The number of hydrogen-bond donors (Lipinski definition) is 0. The number of nitrogens with zero attached hydrogens (tertiary/aromatic N) is 3. The number of hydrogen-bond acceptors (Lipinski definition) is 4. The second-order valence-corrected chi connectivity index (χ2v) is 9.07. The van der Waals surface area contributed by atoms with Crippen molar-refractivity contribution < 1.29 is 4.79 Å². The fourth-order valence-electron chi connectivity index (χ4n) is 3.56. The van der Waals surface area contributed by atoms with Crippen molar-refractivity contribution in [1.82, 2.24) is 9.55 Å². The molecule has 0 atom stereocenters. The number of aromatic nitrogens is 2. The molecule has 0 unspecified atom stereocenters. The number of thiophene rings is 1. The minimum absolute atomic E-state index is 0.301. The van der Waals surface area contributed by atoms with Crippen molar-refractivity contribution in [2.75, 3.05) is 0 Å². The van der Waals surface area contributed by atoms with Gasteiger partial charge in [0.05, 0.1) is 38.4 Å². The Morgan fingerprint density at radius 1 is 1.16 bits per heavy atom. The molecular formula is C25H17N3OS2. The quantitative estimate of drug-likeness (QED) is 0.341. The SMILES string of the molecule is C#CCn1c(=NC(=O)c2cc(-c3cccs3)nc3ccccc23)sc2cc(C)ccc21. The third kappa shape index (κ3) is 3.59. The van der Waals surface area contributed by atoms with E-state index in [1.165, 1.54) is 11.3 Å². The lowest BCUT2D eigenvalue weighted by molar-refractivity contribution is 0.0999. The number of amides is 1. The predicted molar refractivity (Wildman–Crippen MR) is 128 cm³/mol. The second kappa shape index (κ2) is 7.95. The topological polar surface area (TPSA) is 47.2 Å². The molecule has 0 saturated heterocycles. The lowest BCUT2D eigenvalue weighted by Crippen LogP contribution is -2.16. The Hall–Kier alpha value is -3.53. The van der Waals surface area contributed by atoms with E-state index in [0.29, 0.717) is 16.9 Å². The van der Waals surface area contributed by atoms with Crippen LogP contribution in [0.25, 0.3) is 31.7 Å². The van der Waals surface area contributed by atoms with Gasteiger partial charge in [-0.2, -0.15) is 4.99 Å². The number of thiazole rings is 1. The van der Waals surface area contributed by atoms with Crippen LogP contribution in [0.2, 0.25) is 0 Å². The zero-order valence-electron chi connectivity index (χ0n) is 16.7. The molecule has 4 nitrogen and oxygen atoms in total. The van der Waals surface area contributed by atoms with Crippen LogP contribution in [0.15, 0.2) is 71.0 Å². The lowest BCUT2D eigenvalue weighted by atomic mass is 10.1. The van der Waals surface area contributed by atoms with Crippen molar-refractivity contribution in [3.8, 4) is 22.9 Å². The van der Waals surface area contributed by atoms with Gasteiger partial charge < -0.3 is 4.57 Å². The first-order valence-electron chi connectivity index (χ1n) is 9.70. The van der Waals surface area contributed by atoms with Crippen molar-refractivity contribution in [3.63, 3.8) is 0 Å². The van der Waals surface area contributed by atoms with E-state index in [4.69, 9.17) is 11.4 Å². The summed E-state index contributed by atoms with van der Waals surface area (Å²) in [5, 5.41) is 2.79. The second-order valence-electron chi connectivity index (χ2n) is 7.11. The van der Waals surface area contributed by atoms with Crippen LogP contribution in [0.5, 0.6) is 0 Å². The minimum Gasteiger partial charge on any atom is -0.305 e. The Bertz CT molecular complexity index is 1550. The van der Waals surface area contributed by atoms with Gasteiger partial charge in [-0.3, -0.25) is 4.79 Å². The molecule has 5 aromatic rings. The maximum atomic E-state index is 13.4. The molecule has 31 heavy (non-hydrogen) atoms. The molecule has 0 saturated carbocycles. The van der Waals surface area contributed by atoms with Crippen LogP contribution in [0.4, 0.5) is 0 Å². The average Bonchev–Trinajstić information content (AvgIpc) is 3.42. The van der Waals surface area contributed by atoms with Crippen LogP contribution < -0.4 is 4.80 Å². The van der Waals surface area contributed by atoms with Gasteiger partial charge in [0.15, 0.2) is 4.80 Å². The molecule has 2 aromatic carbocycles. The predicted octanol–water partition coefficient (Wildman–Crippen LogP) is 5.66. The van der Waals surface area contributed by atoms with Crippen molar-refractivity contribution in [2.45, 2.75) is 13.5 Å². The zero-order valence-corrected chi connectivity index (χ0v) is 18.3. The first kappa shape index (κ1) is 19.4. The minimum atomic E-state index is -0.301. The van der Waals surface area contributed by atoms with E-state index in [0.717, 1.165) is 37.3 Å². The van der Waals surface area contributed by atoms with Crippen LogP contribution in [0.3, 0.4) is 0 Å². The molecule has 6 heteroatoms. The standard InChI is InChI=1S/C25H17N3OS2/c1-3-12-28-21-11-10-16(2)14-23(21)31-25(28)27-24(29)18-15-20(22-9-6-13-30-22)26-19-8-5-4-7-17(18)19/h1,4-11,13-15H,12H2,2H3. The first-order valence-corrected chi connectivity index (χ1v) is 11.4. The van der Waals surface area contributed by atoms with Crippen molar-refractivity contribution in [2.24, 2.45) is 4.99 Å². The van der Waals surface area contributed by atoms with Crippen LogP contribution in [-0.2, 0) is 6.54 Å². The Balaban J connectivity index is 1.72. The lowest BCUT2D eigenvalue weighted by Gasteiger charge is -2.06. The maximum absolute atomic E-state index is 13.4. The molecule has 0 spiro atoms. The average molecular weight is 440 g/mol. The monoisotopic (exact) mass is 439 g/mol. The highest BCUT2D eigenvalue weighted by Crippen LogP contribution is 2.28. The molecule has 0 aliphatic carbocycles. The van der Waals surface area contributed by atoms with E-state index in [2.05, 4.69) is 17.0 Å². The molecule has 150 valence electrons. The fraction of sp³-hybridized carbons (Fsp3) is 0.0800. The van der Waals surface area contributed by atoms with Gasteiger partial charge in [0, 0.05) is 5.39 Å². The Kier molecular flexibility index (Phi) is 4.99. The maximum Gasteiger partial charge on any atom is 0.280 e. The molecule has 0 aliphatic rings. The summed E-state index contributed by atoms with van der Waals surface area (Å²) in [4.78, 5) is 24.3. The Labute approximate surface area is 187 Å². The summed E-state index contributed by atoms with van der Waals surface area (Å²) >= 11 is 3.07. The van der Waals surface area contributed by atoms with Gasteiger partial charge >= 0.3 is 0 Å². The van der Waals surface area contributed by atoms with E-state index >= 15 is 0 Å². The van der Waals surface area contributed by atoms with E-state index in [1.807, 2.05) is 71.5 Å². The zero-order chi connectivity index (χ0) is 21.4. The highest BCUT2D eigenvalue weighted by molar-refractivity contribution is 7.16. The normalized spacial score (nSPS) is 11.8. The molecule has 1 amide bonds. The van der Waals surface area contributed by atoms with E-state index in [-0.39, 0.29) is 5.91 Å². The van der Waals surface area contributed by atoms with Gasteiger partial charge in [0.2, 0.25) is 0 Å². The summed E-state index contributed by atoms with van der Waals surface area (Å²) in [6, 6.07) is 19.6. The Morgan fingerprint density at radius 2 is 2.03 bits per heavy atom. The molecule has 0 bridgehead atoms. The van der Waals surface area contributed by atoms with Crippen LogP contribution in [0.1, 0.15) is 15.9 Å². The fourth-order valence-corrected chi connectivity index (χ4v) is 5.37. The molecular weight excluding hydrogens is 422 g/mol. The molecule has 0 radical (unpaired) electrons. The molecule has 0 aliphatic heterocycles. The first-order chi connectivity index (χ1) is 15.1. The van der Waals surface area contributed by atoms with Gasteiger partial charge in [-0.15, -0.1) is 17.8 Å². The number of carbonyl (C=O) groups is 1. The van der Waals surface area contributed by atoms with Crippen LogP contribution in [0, 0.1) is 19.3 Å². The highest BCUT2D eigenvalue weighted by atomic mass is 32.1. The largest absolute Gasteiger partial charge is 0.305 e. The van der Waals surface area contributed by atoms with Crippen molar-refractivity contribution in [1.29, 1.82) is 0 Å². The number of fused-ring (bicyclic) bond motifs is 2. The van der Waals surface area contributed by atoms with Gasteiger partial charge in [0.1, 0.15) is 0 Å². The van der Waals surface area contributed by atoms with Gasteiger partial charge in [-0.05, 0) is 48.2 Å². The molecule has 3 heterocycles. The molecule has 5 rings (SSSR count). The number of pyridine rings is 1. The highest BCUT2D eigenvalue weighted by Gasteiger charge is 2.15. The van der Waals surface area contributed by atoms with E-state index in [9.17, 15) is 4.79 Å². The number of terminal acetylenes is 1. The summed E-state index contributed by atoms with van der Waals surface area (Å²) in [6.07, 6.45) is 5.60. The van der Waals surface area contributed by atoms with Crippen molar-refractivity contribution >= 4 is 49.7 Å². The third-order valence-corrected chi connectivity index (χ3v) is 6.94. The molecule has 0 N–H and O–H groups in total. The van der Waals surface area contributed by atoms with E-state index in [1.54, 1.807) is 11.3 Å². The molecule has 0 fully saturated rings. The van der Waals surface area contributed by atoms with Gasteiger partial charge in [-0.25, -0.2) is 4.98 Å². The van der Waals surface area contributed by atoms with Gasteiger partial charge in [-0.1, -0.05) is 47.6 Å². The summed E-state index contributed by atoms with van der Waals surface area (Å²) in [6.45, 7) is 2.40. The van der Waals surface area contributed by atoms with Gasteiger partial charge in [0.25, 0.3) is 5.91 Å². The summed E-state index contributed by atoms with van der Waals surface area (Å²) in [5.74, 6) is 2.38. The van der Waals surface area contributed by atoms with Crippen molar-refractivity contribution in [3.05, 3.63) is 82.0 Å². The number of carbonyl (C=O) groups excluding carboxylic acids is 1. The van der Waals surface area contributed by atoms with E-state index < -0.39 is 0 Å². The smallest absolute Gasteiger partial charge is 0.280 e. The summed E-state index contributed by atoms with van der Waals surface area (Å²) in [7, 11) is 0.